The van der Waals surface area contributed by atoms with Gasteiger partial charge in [-0.1, -0.05) is 11.6 Å². The topological polar surface area (TPSA) is 98.6 Å². The maximum absolute atomic E-state index is 13.4. The number of likely N-dealkylation sites (N-methyl/N-ethyl adjacent to an activating group) is 1. The molecular formula is C21H28ClN3O5S. The fourth-order valence-corrected chi connectivity index (χ4v) is 5.27. The van der Waals surface area contributed by atoms with Crippen LogP contribution in [0.1, 0.15) is 46.6 Å². The Morgan fingerprint density at radius 2 is 1.77 bits per heavy atom. The summed E-state index contributed by atoms with van der Waals surface area (Å²) in [5, 5.41) is 4.32. The van der Waals surface area contributed by atoms with Gasteiger partial charge in [0.2, 0.25) is 11.7 Å². The van der Waals surface area contributed by atoms with Crippen LogP contribution >= 0.6 is 11.6 Å². The van der Waals surface area contributed by atoms with E-state index in [1.165, 1.54) is 10.7 Å². The molecular weight excluding hydrogens is 442 g/mol. The molecule has 1 aromatic heterocycles. The molecule has 2 rings (SSSR count). The van der Waals surface area contributed by atoms with E-state index in [1.54, 1.807) is 32.7 Å². The van der Waals surface area contributed by atoms with E-state index in [4.69, 9.17) is 16.3 Å². The van der Waals surface area contributed by atoms with Gasteiger partial charge in [0, 0.05) is 32.0 Å². The molecule has 0 saturated carbocycles. The molecule has 0 bridgehead atoms. The van der Waals surface area contributed by atoms with Crippen molar-refractivity contribution in [2.75, 3.05) is 26.0 Å². The molecule has 0 radical (unpaired) electrons. The predicted molar refractivity (Wildman–Crippen MR) is 119 cm³/mol. The average Bonchev–Trinajstić information content (AvgIpc) is 2.95. The molecule has 1 amide bonds. The first-order valence-corrected chi connectivity index (χ1v) is 12.1. The lowest BCUT2D eigenvalue weighted by atomic mass is 9.99. The Hall–Kier alpha value is -2.39. The highest BCUT2D eigenvalue weighted by Crippen LogP contribution is 2.34. The van der Waals surface area contributed by atoms with Gasteiger partial charge in [-0.2, -0.15) is 5.10 Å². The number of carbonyl (C=O) groups excluding carboxylic acids is 2. The van der Waals surface area contributed by atoms with Crippen LogP contribution in [0.15, 0.2) is 11.0 Å². The van der Waals surface area contributed by atoms with Crippen LogP contribution in [0.25, 0.3) is 0 Å². The van der Waals surface area contributed by atoms with Gasteiger partial charge in [-0.25, -0.2) is 13.1 Å². The Balaban J connectivity index is 2.51. The first kappa shape index (κ1) is 24.9. The molecule has 170 valence electrons. The largest absolute Gasteiger partial charge is 0.467 e. The molecule has 8 nitrogen and oxygen atoms in total. The summed E-state index contributed by atoms with van der Waals surface area (Å²) in [7, 11) is -1.90. The van der Waals surface area contributed by atoms with Gasteiger partial charge in [-0.3, -0.25) is 9.59 Å². The quantitative estimate of drug-likeness (QED) is 0.551. The molecule has 0 unspecified atom stereocenters. The Morgan fingerprint density at radius 1 is 1.19 bits per heavy atom. The molecule has 0 fully saturated rings. The number of aromatic nitrogens is 2. The van der Waals surface area contributed by atoms with Crippen LogP contribution in [0.2, 0.25) is 5.02 Å². The van der Waals surface area contributed by atoms with Gasteiger partial charge in [0.15, 0.2) is 16.4 Å². The number of ether oxygens (including phenoxy) is 1. The van der Waals surface area contributed by atoms with Crippen LogP contribution in [0.3, 0.4) is 0 Å². The Morgan fingerprint density at radius 3 is 2.29 bits per heavy atom. The van der Waals surface area contributed by atoms with Gasteiger partial charge in [0.1, 0.15) is 5.56 Å². The van der Waals surface area contributed by atoms with Crippen molar-refractivity contribution in [2.24, 2.45) is 7.05 Å². The zero-order valence-electron chi connectivity index (χ0n) is 18.9. The van der Waals surface area contributed by atoms with E-state index in [-0.39, 0.29) is 39.4 Å². The van der Waals surface area contributed by atoms with Gasteiger partial charge < -0.3 is 9.64 Å². The van der Waals surface area contributed by atoms with E-state index >= 15 is 0 Å². The standard InChI is InChI=1S/C21H28ClN3O5S/c1-8-25(9-2)16(26)11-30-21-17(14(5)23-24(21)6)19(27)15-10-12(3)20(31(7,28)29)13(4)18(15)22/h10H,8-9,11H2,1-7H3. The summed E-state index contributed by atoms with van der Waals surface area (Å²) in [6.45, 7) is 9.45. The molecule has 10 heteroatoms. The molecule has 2 aromatic rings. The summed E-state index contributed by atoms with van der Waals surface area (Å²) in [6.07, 6.45) is 1.10. The lowest BCUT2D eigenvalue weighted by Gasteiger charge is -2.19. The molecule has 0 atom stereocenters. The normalized spacial score (nSPS) is 11.5. The first-order valence-electron chi connectivity index (χ1n) is 9.83. The van der Waals surface area contributed by atoms with Crippen LogP contribution in [0.4, 0.5) is 0 Å². The Labute approximate surface area is 188 Å². The van der Waals surface area contributed by atoms with E-state index in [9.17, 15) is 18.0 Å². The molecule has 0 aliphatic carbocycles. The second kappa shape index (κ2) is 9.40. The minimum absolute atomic E-state index is 0.0597. The van der Waals surface area contributed by atoms with Gasteiger partial charge in [-0.05, 0) is 51.8 Å². The molecule has 1 aromatic carbocycles. The lowest BCUT2D eigenvalue weighted by Crippen LogP contribution is -2.34. The molecule has 0 N–H and O–H groups in total. The van der Waals surface area contributed by atoms with Crippen molar-refractivity contribution in [3.05, 3.63) is 39.0 Å². The number of aryl methyl sites for hydroxylation is 3. The summed E-state index contributed by atoms with van der Waals surface area (Å²) in [4.78, 5) is 27.5. The third kappa shape index (κ3) is 4.93. The third-order valence-corrected chi connectivity index (χ3v) is 6.94. The summed E-state index contributed by atoms with van der Waals surface area (Å²) < 4.78 is 31.4. The fraction of sp³-hybridized carbons (Fsp3) is 0.476. The minimum Gasteiger partial charge on any atom is -0.467 e. The molecule has 0 aliphatic rings. The number of sulfone groups is 1. The average molecular weight is 470 g/mol. The highest BCUT2D eigenvalue weighted by molar-refractivity contribution is 7.90. The minimum atomic E-state index is -3.52. The van der Waals surface area contributed by atoms with Crippen LogP contribution in [-0.4, -0.2) is 60.7 Å². The van der Waals surface area contributed by atoms with Crippen molar-refractivity contribution in [2.45, 2.75) is 39.5 Å². The molecule has 0 saturated heterocycles. The lowest BCUT2D eigenvalue weighted by molar-refractivity contribution is -0.133. The van der Waals surface area contributed by atoms with Crippen LogP contribution in [0.5, 0.6) is 5.88 Å². The summed E-state index contributed by atoms with van der Waals surface area (Å²) in [6, 6.07) is 1.46. The number of ketones is 1. The van der Waals surface area contributed by atoms with Gasteiger partial charge in [-0.15, -0.1) is 0 Å². The third-order valence-electron chi connectivity index (χ3n) is 5.09. The highest BCUT2D eigenvalue weighted by Gasteiger charge is 2.28. The number of benzene rings is 1. The van der Waals surface area contributed by atoms with Crippen molar-refractivity contribution in [3.63, 3.8) is 0 Å². The number of hydrogen-bond acceptors (Lipinski definition) is 6. The maximum Gasteiger partial charge on any atom is 0.260 e. The van der Waals surface area contributed by atoms with Crippen molar-refractivity contribution < 1.29 is 22.7 Å². The number of halogens is 1. The van der Waals surface area contributed by atoms with E-state index in [2.05, 4.69) is 5.10 Å². The second-order valence-electron chi connectivity index (χ2n) is 7.35. The van der Waals surface area contributed by atoms with Crippen LogP contribution in [0, 0.1) is 20.8 Å². The molecule has 1 heterocycles. The van der Waals surface area contributed by atoms with Crippen molar-refractivity contribution in [1.29, 1.82) is 0 Å². The Kier molecular flexibility index (Phi) is 7.54. The number of hydrogen-bond donors (Lipinski definition) is 0. The second-order valence-corrected chi connectivity index (χ2v) is 9.68. The summed E-state index contributed by atoms with van der Waals surface area (Å²) >= 11 is 6.43. The fourth-order valence-electron chi connectivity index (χ4n) is 3.67. The number of rotatable bonds is 8. The molecule has 0 aliphatic heterocycles. The summed E-state index contributed by atoms with van der Waals surface area (Å²) in [5.74, 6) is -0.502. The van der Waals surface area contributed by atoms with E-state index in [0.29, 0.717) is 29.9 Å². The van der Waals surface area contributed by atoms with Crippen molar-refractivity contribution >= 4 is 33.1 Å². The molecule has 0 spiro atoms. The van der Waals surface area contributed by atoms with Crippen molar-refractivity contribution in [1.82, 2.24) is 14.7 Å². The molecule has 31 heavy (non-hydrogen) atoms. The van der Waals surface area contributed by atoms with Crippen LogP contribution < -0.4 is 4.74 Å². The van der Waals surface area contributed by atoms with Crippen LogP contribution in [-0.2, 0) is 21.7 Å². The number of amides is 1. The highest BCUT2D eigenvalue weighted by atomic mass is 35.5. The summed E-state index contributed by atoms with van der Waals surface area (Å²) in [5.41, 5.74) is 1.49. The Bertz CT molecular complexity index is 1130. The maximum atomic E-state index is 13.4. The number of carbonyl (C=O) groups is 2. The van der Waals surface area contributed by atoms with E-state index in [1.807, 2.05) is 13.8 Å². The number of nitrogens with zero attached hydrogens (tertiary/aromatic N) is 3. The smallest absolute Gasteiger partial charge is 0.260 e. The predicted octanol–water partition coefficient (Wildman–Crippen LogP) is 2.88. The van der Waals surface area contributed by atoms with E-state index < -0.39 is 15.6 Å². The van der Waals surface area contributed by atoms with Gasteiger partial charge in [0.05, 0.1) is 15.6 Å². The SMILES string of the molecule is CCN(CC)C(=O)COc1c(C(=O)c2cc(C)c(S(C)(=O)=O)c(C)c2Cl)c(C)nn1C. The van der Waals surface area contributed by atoms with Crippen molar-refractivity contribution in [3.8, 4) is 5.88 Å². The first-order chi connectivity index (χ1) is 14.3. The van der Waals surface area contributed by atoms with Gasteiger partial charge >= 0.3 is 0 Å². The zero-order chi connectivity index (χ0) is 23.7. The van der Waals surface area contributed by atoms with E-state index in [0.717, 1.165) is 6.26 Å². The zero-order valence-corrected chi connectivity index (χ0v) is 20.4. The van der Waals surface area contributed by atoms with Gasteiger partial charge in [0.25, 0.3) is 5.91 Å². The monoisotopic (exact) mass is 469 g/mol.